The molecule has 1 aromatic carbocycles. The molecular weight excluding hydrogens is 276 g/mol. The first kappa shape index (κ1) is 15.1. The van der Waals surface area contributed by atoms with Gasteiger partial charge >= 0.3 is 11.7 Å². The molecule has 0 aromatic heterocycles. The number of anilines is 1. The van der Waals surface area contributed by atoms with Crippen LogP contribution >= 0.6 is 0 Å². The molecule has 114 valence electrons. The molecule has 21 heavy (non-hydrogen) atoms. The summed E-state index contributed by atoms with van der Waals surface area (Å²) in [4.78, 5) is 21.9. The molecule has 7 nitrogen and oxygen atoms in total. The van der Waals surface area contributed by atoms with E-state index in [0.29, 0.717) is 25.1 Å². The molecule has 0 aliphatic heterocycles. The van der Waals surface area contributed by atoms with Crippen LogP contribution in [0.5, 0.6) is 5.75 Å². The van der Waals surface area contributed by atoms with Crippen LogP contribution in [0.15, 0.2) is 18.2 Å². The van der Waals surface area contributed by atoms with Crippen molar-refractivity contribution in [3.05, 3.63) is 28.3 Å². The summed E-state index contributed by atoms with van der Waals surface area (Å²) in [5.41, 5.74) is -0.592. The number of carbonyl (C=O) groups is 1. The molecule has 0 atom stereocenters. The fourth-order valence-electron chi connectivity index (χ4n) is 2.66. The summed E-state index contributed by atoms with van der Waals surface area (Å²) in [5, 5.41) is 23.4. The highest BCUT2D eigenvalue weighted by Gasteiger charge is 2.41. The van der Waals surface area contributed by atoms with E-state index in [1.807, 2.05) is 0 Å². The van der Waals surface area contributed by atoms with Gasteiger partial charge in [-0.25, -0.2) is 4.79 Å². The van der Waals surface area contributed by atoms with Gasteiger partial charge in [0.1, 0.15) is 5.54 Å². The summed E-state index contributed by atoms with van der Waals surface area (Å²) < 4.78 is 5.27. The molecule has 7 heteroatoms. The minimum absolute atomic E-state index is 0.127. The van der Waals surface area contributed by atoms with Crippen LogP contribution in [-0.4, -0.2) is 28.1 Å². The van der Waals surface area contributed by atoms with Gasteiger partial charge in [0.05, 0.1) is 11.5 Å². The maximum Gasteiger partial charge on any atom is 0.329 e. The second-order valence-corrected chi connectivity index (χ2v) is 5.09. The molecular formula is C14H18N2O5. The Bertz CT molecular complexity index is 552. The number of hydrogen-bond acceptors (Lipinski definition) is 5. The lowest BCUT2D eigenvalue weighted by Gasteiger charge is -2.26. The van der Waals surface area contributed by atoms with Crippen molar-refractivity contribution in [3.8, 4) is 5.75 Å². The molecule has 0 radical (unpaired) electrons. The highest BCUT2D eigenvalue weighted by molar-refractivity contribution is 5.83. The molecule has 1 aliphatic carbocycles. The Kier molecular flexibility index (Phi) is 4.30. The van der Waals surface area contributed by atoms with E-state index in [9.17, 15) is 20.0 Å². The number of carboxylic acids is 1. The molecule has 0 saturated heterocycles. The SMILES string of the molecule is CCOc1cc(NC2(C(=O)O)CCCC2)ccc1[N+](=O)[O-]. The van der Waals surface area contributed by atoms with Crippen molar-refractivity contribution in [2.45, 2.75) is 38.1 Å². The van der Waals surface area contributed by atoms with Crippen molar-refractivity contribution >= 4 is 17.3 Å². The van der Waals surface area contributed by atoms with Crippen LogP contribution in [0.25, 0.3) is 0 Å². The molecule has 2 rings (SSSR count). The number of benzene rings is 1. The Morgan fingerprint density at radius 2 is 2.14 bits per heavy atom. The van der Waals surface area contributed by atoms with Gasteiger partial charge in [0.25, 0.3) is 0 Å². The van der Waals surface area contributed by atoms with Crippen LogP contribution in [0, 0.1) is 10.1 Å². The van der Waals surface area contributed by atoms with E-state index in [2.05, 4.69) is 5.32 Å². The van der Waals surface area contributed by atoms with E-state index in [1.165, 1.54) is 18.2 Å². The first-order valence-electron chi connectivity index (χ1n) is 6.91. The van der Waals surface area contributed by atoms with Gasteiger partial charge in [0.15, 0.2) is 5.75 Å². The number of nitro benzene ring substituents is 1. The van der Waals surface area contributed by atoms with Crippen LogP contribution in [0.4, 0.5) is 11.4 Å². The lowest BCUT2D eigenvalue weighted by Crippen LogP contribution is -2.43. The lowest BCUT2D eigenvalue weighted by molar-refractivity contribution is -0.385. The van der Waals surface area contributed by atoms with E-state index in [4.69, 9.17) is 4.74 Å². The maximum absolute atomic E-state index is 11.5. The molecule has 2 N–H and O–H groups in total. The smallest absolute Gasteiger partial charge is 0.329 e. The van der Waals surface area contributed by atoms with E-state index in [0.717, 1.165) is 12.8 Å². The fourth-order valence-corrected chi connectivity index (χ4v) is 2.66. The zero-order valence-electron chi connectivity index (χ0n) is 11.8. The average molecular weight is 294 g/mol. The molecule has 0 bridgehead atoms. The molecule has 0 spiro atoms. The Hall–Kier alpha value is -2.31. The molecule has 0 heterocycles. The van der Waals surface area contributed by atoms with Crippen LogP contribution < -0.4 is 10.1 Å². The number of nitro groups is 1. The monoisotopic (exact) mass is 294 g/mol. The topological polar surface area (TPSA) is 102 Å². The van der Waals surface area contributed by atoms with Gasteiger partial charge in [0, 0.05) is 17.8 Å². The molecule has 1 saturated carbocycles. The number of aliphatic carboxylic acids is 1. The molecule has 1 aromatic rings. The van der Waals surface area contributed by atoms with Crippen LogP contribution in [-0.2, 0) is 4.79 Å². The van der Waals surface area contributed by atoms with Gasteiger partial charge in [-0.3, -0.25) is 10.1 Å². The Morgan fingerprint density at radius 3 is 2.67 bits per heavy atom. The number of ether oxygens (including phenoxy) is 1. The van der Waals surface area contributed by atoms with Gasteiger partial charge < -0.3 is 15.2 Å². The highest BCUT2D eigenvalue weighted by atomic mass is 16.6. The van der Waals surface area contributed by atoms with E-state index in [1.54, 1.807) is 6.92 Å². The summed E-state index contributed by atoms with van der Waals surface area (Å²) in [6.07, 6.45) is 2.79. The lowest BCUT2D eigenvalue weighted by atomic mass is 9.97. The standard InChI is InChI=1S/C14H18N2O5/c1-2-21-12-9-10(5-6-11(12)16(19)20)15-14(13(17)18)7-3-4-8-14/h5-6,9,15H,2-4,7-8H2,1H3,(H,17,18). The predicted octanol–water partition coefficient (Wildman–Crippen LogP) is 2.80. The zero-order valence-corrected chi connectivity index (χ0v) is 11.8. The third-order valence-corrected chi connectivity index (χ3v) is 3.71. The fraction of sp³-hybridized carbons (Fsp3) is 0.500. The minimum Gasteiger partial charge on any atom is -0.487 e. The van der Waals surface area contributed by atoms with Crippen molar-refractivity contribution in [3.63, 3.8) is 0 Å². The van der Waals surface area contributed by atoms with Gasteiger partial charge in [-0.05, 0) is 25.8 Å². The average Bonchev–Trinajstić information content (AvgIpc) is 2.89. The van der Waals surface area contributed by atoms with Crippen molar-refractivity contribution in [1.82, 2.24) is 0 Å². The highest BCUT2D eigenvalue weighted by Crippen LogP contribution is 2.36. The second-order valence-electron chi connectivity index (χ2n) is 5.09. The summed E-state index contributed by atoms with van der Waals surface area (Å²) >= 11 is 0. The van der Waals surface area contributed by atoms with Gasteiger partial charge in [0.2, 0.25) is 0 Å². The van der Waals surface area contributed by atoms with Crippen LogP contribution in [0.1, 0.15) is 32.6 Å². The zero-order chi connectivity index (χ0) is 15.5. The molecule has 0 unspecified atom stereocenters. The Labute approximate surface area is 122 Å². The maximum atomic E-state index is 11.5. The Balaban J connectivity index is 2.30. The van der Waals surface area contributed by atoms with Gasteiger partial charge in [-0.2, -0.15) is 0 Å². The van der Waals surface area contributed by atoms with E-state index >= 15 is 0 Å². The quantitative estimate of drug-likeness (QED) is 0.618. The third-order valence-electron chi connectivity index (χ3n) is 3.71. The molecule has 0 amide bonds. The number of carboxylic acid groups (broad SMARTS) is 1. The first-order valence-corrected chi connectivity index (χ1v) is 6.91. The number of nitrogens with zero attached hydrogens (tertiary/aromatic N) is 1. The number of rotatable bonds is 6. The number of nitrogens with one attached hydrogen (secondary N) is 1. The predicted molar refractivity (Wildman–Crippen MR) is 76.7 cm³/mol. The summed E-state index contributed by atoms with van der Waals surface area (Å²) in [5.74, 6) is -0.748. The van der Waals surface area contributed by atoms with Crippen molar-refractivity contribution in [1.29, 1.82) is 0 Å². The van der Waals surface area contributed by atoms with Crippen LogP contribution in [0.2, 0.25) is 0 Å². The third kappa shape index (κ3) is 3.07. The van der Waals surface area contributed by atoms with E-state index < -0.39 is 16.4 Å². The molecule has 1 aliphatic rings. The normalized spacial score (nSPS) is 16.4. The van der Waals surface area contributed by atoms with Crippen molar-refractivity contribution in [2.24, 2.45) is 0 Å². The van der Waals surface area contributed by atoms with Crippen LogP contribution in [0.3, 0.4) is 0 Å². The van der Waals surface area contributed by atoms with Gasteiger partial charge in [-0.1, -0.05) is 12.8 Å². The van der Waals surface area contributed by atoms with Gasteiger partial charge in [-0.15, -0.1) is 0 Å². The minimum atomic E-state index is -0.986. The largest absolute Gasteiger partial charge is 0.487 e. The van der Waals surface area contributed by atoms with Crippen molar-refractivity contribution in [2.75, 3.05) is 11.9 Å². The van der Waals surface area contributed by atoms with E-state index in [-0.39, 0.29) is 11.4 Å². The molecule has 1 fully saturated rings. The van der Waals surface area contributed by atoms with Crippen molar-refractivity contribution < 1.29 is 19.6 Å². The Morgan fingerprint density at radius 1 is 1.48 bits per heavy atom. The number of hydrogen-bond donors (Lipinski definition) is 2. The summed E-state index contributed by atoms with van der Waals surface area (Å²) in [7, 11) is 0. The first-order chi connectivity index (χ1) is 9.98. The second kappa shape index (κ2) is 5.99. The summed E-state index contributed by atoms with van der Waals surface area (Å²) in [6.45, 7) is 2.04. The summed E-state index contributed by atoms with van der Waals surface area (Å²) in [6, 6.07) is 4.34.